The van der Waals surface area contributed by atoms with Gasteiger partial charge in [-0.15, -0.1) is 0 Å². The van der Waals surface area contributed by atoms with Gasteiger partial charge in [0.1, 0.15) is 0 Å². The molecule has 18 heavy (non-hydrogen) atoms. The SMILES string of the molecule is CCOC(OCC)c1pnc(C(C)(C)C)cc1C. The standard InChI is InChI=1S/C14H24NO2P/c1-7-16-13(17-8-2)12-10(3)9-11(15-18-12)14(4,5)6/h9,13H,7-8H2,1-6H3. The van der Waals surface area contributed by atoms with Crippen molar-refractivity contribution in [2.45, 2.75) is 53.2 Å². The summed E-state index contributed by atoms with van der Waals surface area (Å²) in [5.41, 5.74) is 2.44. The molecule has 0 aliphatic rings. The lowest BCUT2D eigenvalue weighted by Crippen LogP contribution is -2.14. The van der Waals surface area contributed by atoms with Crippen LogP contribution in [0.5, 0.6) is 0 Å². The van der Waals surface area contributed by atoms with Crippen molar-refractivity contribution >= 4 is 8.35 Å². The Bertz CT molecular complexity index is 382. The van der Waals surface area contributed by atoms with E-state index in [1.54, 1.807) is 0 Å². The minimum Gasteiger partial charge on any atom is -0.348 e. The minimum absolute atomic E-state index is 0.0898. The van der Waals surface area contributed by atoms with Crippen LogP contribution in [0.3, 0.4) is 0 Å². The molecule has 0 saturated carbocycles. The Morgan fingerprint density at radius 2 is 1.78 bits per heavy atom. The summed E-state index contributed by atoms with van der Waals surface area (Å²) in [7, 11) is 0.947. The van der Waals surface area contributed by atoms with Crippen molar-refractivity contribution < 1.29 is 9.47 Å². The normalized spacial score (nSPS) is 12.6. The van der Waals surface area contributed by atoms with Crippen molar-refractivity contribution in [2.75, 3.05) is 13.2 Å². The van der Waals surface area contributed by atoms with E-state index < -0.39 is 0 Å². The smallest absolute Gasteiger partial charge is 0.189 e. The summed E-state index contributed by atoms with van der Waals surface area (Å²) < 4.78 is 15.9. The molecule has 0 fully saturated rings. The van der Waals surface area contributed by atoms with Crippen LogP contribution in [-0.4, -0.2) is 18.0 Å². The molecule has 0 unspecified atom stereocenters. The maximum atomic E-state index is 5.64. The van der Waals surface area contributed by atoms with E-state index >= 15 is 0 Å². The van der Waals surface area contributed by atoms with Gasteiger partial charge >= 0.3 is 0 Å². The fourth-order valence-corrected chi connectivity index (χ4v) is 2.64. The van der Waals surface area contributed by atoms with Crippen molar-refractivity contribution in [3.05, 3.63) is 22.6 Å². The number of aromatic nitrogens is 1. The average molecular weight is 269 g/mol. The van der Waals surface area contributed by atoms with Gasteiger partial charge in [-0.05, 0) is 32.4 Å². The Kier molecular flexibility index (Phi) is 5.71. The first-order valence-corrected chi connectivity index (χ1v) is 7.32. The highest BCUT2D eigenvalue weighted by molar-refractivity contribution is 7.26. The van der Waals surface area contributed by atoms with Crippen LogP contribution in [0.2, 0.25) is 0 Å². The Morgan fingerprint density at radius 1 is 1.22 bits per heavy atom. The molecule has 0 atom stereocenters. The van der Waals surface area contributed by atoms with E-state index in [0.717, 1.165) is 19.3 Å². The fourth-order valence-electron chi connectivity index (χ4n) is 1.60. The predicted molar refractivity (Wildman–Crippen MR) is 76.2 cm³/mol. The van der Waals surface area contributed by atoms with Gasteiger partial charge in [0, 0.05) is 27.0 Å². The largest absolute Gasteiger partial charge is 0.348 e. The van der Waals surface area contributed by atoms with E-state index in [1.807, 2.05) is 13.8 Å². The summed E-state index contributed by atoms with van der Waals surface area (Å²) >= 11 is 0. The van der Waals surface area contributed by atoms with Crippen LogP contribution in [0.1, 0.15) is 57.5 Å². The van der Waals surface area contributed by atoms with Crippen LogP contribution in [0.4, 0.5) is 0 Å². The highest BCUT2D eigenvalue weighted by Crippen LogP contribution is 2.32. The summed E-state index contributed by atoms with van der Waals surface area (Å²) in [5.74, 6) is 0. The number of nitrogens with zero attached hydrogens (tertiary/aromatic N) is 1. The molecule has 0 radical (unpaired) electrons. The summed E-state index contributed by atoms with van der Waals surface area (Å²) in [5, 5.41) is 1.12. The molecule has 4 heteroatoms. The number of ether oxygens (including phenoxy) is 2. The van der Waals surface area contributed by atoms with E-state index in [9.17, 15) is 0 Å². The molecular weight excluding hydrogens is 245 g/mol. The van der Waals surface area contributed by atoms with Crippen molar-refractivity contribution in [3.8, 4) is 0 Å². The molecule has 0 aliphatic heterocycles. The van der Waals surface area contributed by atoms with Gasteiger partial charge in [0.2, 0.25) is 0 Å². The van der Waals surface area contributed by atoms with E-state index in [2.05, 4.69) is 38.5 Å². The maximum Gasteiger partial charge on any atom is 0.189 e. The Hall–Kier alpha value is -0.500. The van der Waals surface area contributed by atoms with E-state index in [-0.39, 0.29) is 11.7 Å². The van der Waals surface area contributed by atoms with Crippen molar-refractivity contribution in [3.63, 3.8) is 0 Å². The zero-order valence-corrected chi connectivity index (χ0v) is 13.2. The quantitative estimate of drug-likeness (QED) is 0.745. The third-order valence-corrected chi connectivity index (χ3v) is 3.74. The molecule has 0 N–H and O–H groups in total. The second-order valence-electron chi connectivity index (χ2n) is 5.29. The summed E-state index contributed by atoms with van der Waals surface area (Å²) in [4.78, 5) is 0. The molecule has 1 heterocycles. The van der Waals surface area contributed by atoms with Crippen molar-refractivity contribution in [2.24, 2.45) is 0 Å². The summed E-state index contributed by atoms with van der Waals surface area (Å²) in [6.45, 7) is 13.9. The van der Waals surface area contributed by atoms with Crippen molar-refractivity contribution in [1.29, 1.82) is 0 Å². The number of aryl methyl sites for hydroxylation is 1. The average Bonchev–Trinajstić information content (AvgIpc) is 2.27. The first-order chi connectivity index (χ1) is 8.40. The van der Waals surface area contributed by atoms with Gasteiger partial charge in [-0.25, -0.2) is 4.75 Å². The molecule has 1 aromatic heterocycles. The maximum absolute atomic E-state index is 5.64. The van der Waals surface area contributed by atoms with Crippen LogP contribution in [0.15, 0.2) is 6.07 Å². The van der Waals surface area contributed by atoms with Gasteiger partial charge in [-0.2, -0.15) is 0 Å². The molecule has 0 saturated heterocycles. The van der Waals surface area contributed by atoms with Crippen LogP contribution < -0.4 is 0 Å². The molecule has 0 aromatic carbocycles. The van der Waals surface area contributed by atoms with Crippen LogP contribution in [-0.2, 0) is 14.9 Å². The van der Waals surface area contributed by atoms with E-state index in [4.69, 9.17) is 9.47 Å². The Balaban J connectivity index is 3.03. The molecule has 0 spiro atoms. The molecule has 1 rings (SSSR count). The van der Waals surface area contributed by atoms with Gasteiger partial charge in [0.05, 0.1) is 11.0 Å². The molecular formula is C14H24NO2P. The van der Waals surface area contributed by atoms with Gasteiger partial charge in [0.15, 0.2) is 6.29 Å². The molecule has 1 aromatic rings. The lowest BCUT2D eigenvalue weighted by molar-refractivity contribution is -0.138. The third kappa shape index (κ3) is 4.01. The van der Waals surface area contributed by atoms with Crippen LogP contribution in [0, 0.1) is 6.92 Å². The highest BCUT2D eigenvalue weighted by atomic mass is 31.0. The second kappa shape index (κ2) is 6.60. The number of hydrogen-bond donors (Lipinski definition) is 0. The topological polar surface area (TPSA) is 31.4 Å². The third-order valence-electron chi connectivity index (χ3n) is 2.65. The zero-order valence-electron chi connectivity index (χ0n) is 12.3. The Labute approximate surface area is 112 Å². The van der Waals surface area contributed by atoms with Gasteiger partial charge in [0.25, 0.3) is 0 Å². The highest BCUT2D eigenvalue weighted by Gasteiger charge is 2.20. The lowest BCUT2D eigenvalue weighted by Gasteiger charge is -2.22. The van der Waals surface area contributed by atoms with Gasteiger partial charge < -0.3 is 9.47 Å². The lowest BCUT2D eigenvalue weighted by atomic mass is 9.91. The molecule has 0 bridgehead atoms. The monoisotopic (exact) mass is 269 g/mol. The van der Waals surface area contributed by atoms with E-state index in [1.165, 1.54) is 5.56 Å². The Morgan fingerprint density at radius 3 is 2.17 bits per heavy atom. The zero-order chi connectivity index (χ0) is 13.8. The van der Waals surface area contributed by atoms with Crippen LogP contribution in [0.25, 0.3) is 0 Å². The second-order valence-corrected chi connectivity index (χ2v) is 6.17. The van der Waals surface area contributed by atoms with Gasteiger partial charge in [-0.1, -0.05) is 20.8 Å². The molecule has 3 nitrogen and oxygen atoms in total. The van der Waals surface area contributed by atoms with Crippen molar-refractivity contribution in [1.82, 2.24) is 4.75 Å². The molecule has 0 aliphatic carbocycles. The van der Waals surface area contributed by atoms with Gasteiger partial charge in [-0.3, -0.25) is 0 Å². The summed E-state index contributed by atoms with van der Waals surface area (Å²) in [6, 6.07) is 2.15. The molecule has 102 valence electrons. The van der Waals surface area contributed by atoms with E-state index in [0.29, 0.717) is 13.2 Å². The minimum atomic E-state index is -0.261. The van der Waals surface area contributed by atoms with Crippen LogP contribution >= 0.6 is 8.35 Å². The first kappa shape index (κ1) is 15.6. The fraction of sp³-hybridized carbons (Fsp3) is 0.714. The predicted octanol–water partition coefficient (Wildman–Crippen LogP) is 4.34. The number of rotatable bonds is 5. The summed E-state index contributed by atoms with van der Waals surface area (Å²) in [6.07, 6.45) is -0.261. The first-order valence-electron chi connectivity index (χ1n) is 6.48. The molecule has 0 amide bonds. The number of hydrogen-bond acceptors (Lipinski definition) is 3.